The minimum atomic E-state index is -0.397. The van der Waals surface area contributed by atoms with Crippen LogP contribution in [-0.4, -0.2) is 24.5 Å². The topological polar surface area (TPSA) is 40.5 Å². The van der Waals surface area contributed by atoms with Crippen molar-refractivity contribution in [2.75, 3.05) is 18.0 Å². The molecule has 2 rings (SSSR count). The quantitative estimate of drug-likeness (QED) is 0.794. The van der Waals surface area contributed by atoms with E-state index in [0.717, 1.165) is 43.5 Å². The zero-order valence-corrected chi connectivity index (χ0v) is 10.4. The Morgan fingerprint density at radius 1 is 1.35 bits per heavy atom. The standard InChI is InChI=1S/C14H19NO2/c1-3-15(4-2)11-5-6-12(13(17)9-11)14(10-16)7-8-14/h5-6,9-10,17H,3-4,7-8H2,1-2H3. The Labute approximate surface area is 102 Å². The van der Waals surface area contributed by atoms with E-state index >= 15 is 0 Å². The van der Waals surface area contributed by atoms with Gasteiger partial charge >= 0.3 is 0 Å². The van der Waals surface area contributed by atoms with Gasteiger partial charge in [0, 0.05) is 30.4 Å². The Morgan fingerprint density at radius 3 is 2.41 bits per heavy atom. The van der Waals surface area contributed by atoms with Crippen LogP contribution in [0.3, 0.4) is 0 Å². The molecule has 0 unspecified atom stereocenters. The van der Waals surface area contributed by atoms with Gasteiger partial charge in [0.15, 0.2) is 0 Å². The molecule has 1 aromatic rings. The molecule has 1 aromatic carbocycles. The van der Waals surface area contributed by atoms with E-state index < -0.39 is 5.41 Å². The van der Waals surface area contributed by atoms with Crippen LogP contribution < -0.4 is 4.90 Å². The second-order valence-corrected chi connectivity index (χ2v) is 4.65. The van der Waals surface area contributed by atoms with Crippen LogP contribution in [-0.2, 0) is 10.2 Å². The van der Waals surface area contributed by atoms with Crippen LogP contribution in [0.1, 0.15) is 32.3 Å². The Bertz CT molecular complexity index is 420. The number of nitrogens with zero attached hydrogens (tertiary/aromatic N) is 1. The van der Waals surface area contributed by atoms with Crippen molar-refractivity contribution in [2.45, 2.75) is 32.1 Å². The predicted octanol–water partition coefficient (Wildman–Crippen LogP) is 2.47. The van der Waals surface area contributed by atoms with E-state index in [1.807, 2.05) is 12.1 Å². The lowest BCUT2D eigenvalue weighted by atomic mass is 9.96. The van der Waals surface area contributed by atoms with E-state index in [1.54, 1.807) is 6.07 Å². The number of hydrogen-bond acceptors (Lipinski definition) is 3. The lowest BCUT2D eigenvalue weighted by molar-refractivity contribution is -0.109. The maximum Gasteiger partial charge on any atom is 0.130 e. The van der Waals surface area contributed by atoms with Crippen LogP contribution in [0, 0.1) is 0 Å². The fraction of sp³-hybridized carbons (Fsp3) is 0.500. The highest BCUT2D eigenvalue weighted by Crippen LogP contribution is 2.49. The first-order valence-corrected chi connectivity index (χ1v) is 6.21. The number of carbonyl (C=O) groups excluding carboxylic acids is 1. The zero-order valence-electron chi connectivity index (χ0n) is 10.4. The van der Waals surface area contributed by atoms with Gasteiger partial charge in [0.1, 0.15) is 12.0 Å². The largest absolute Gasteiger partial charge is 0.508 e. The molecule has 0 amide bonds. The fourth-order valence-corrected chi connectivity index (χ4v) is 2.31. The highest BCUT2D eigenvalue weighted by Gasteiger charge is 2.46. The maximum absolute atomic E-state index is 11.1. The molecule has 17 heavy (non-hydrogen) atoms. The maximum atomic E-state index is 11.1. The average molecular weight is 233 g/mol. The summed E-state index contributed by atoms with van der Waals surface area (Å²) in [7, 11) is 0. The second-order valence-electron chi connectivity index (χ2n) is 4.65. The van der Waals surface area contributed by atoms with Crippen molar-refractivity contribution in [1.29, 1.82) is 0 Å². The van der Waals surface area contributed by atoms with Crippen LogP contribution >= 0.6 is 0 Å². The minimum Gasteiger partial charge on any atom is -0.508 e. The van der Waals surface area contributed by atoms with Gasteiger partial charge in [-0.25, -0.2) is 0 Å². The predicted molar refractivity (Wildman–Crippen MR) is 68.6 cm³/mol. The molecule has 0 aliphatic heterocycles. The highest BCUT2D eigenvalue weighted by molar-refractivity contribution is 5.75. The number of rotatable bonds is 5. The number of phenolic OH excluding ortho intramolecular Hbond substituents is 1. The van der Waals surface area contributed by atoms with Gasteiger partial charge < -0.3 is 14.8 Å². The van der Waals surface area contributed by atoms with E-state index in [9.17, 15) is 9.90 Å². The molecule has 1 fully saturated rings. The lowest BCUT2D eigenvalue weighted by Gasteiger charge is -2.22. The van der Waals surface area contributed by atoms with Crippen LogP contribution in [0.4, 0.5) is 5.69 Å². The number of benzene rings is 1. The molecule has 0 spiro atoms. The molecule has 0 saturated heterocycles. The molecule has 1 saturated carbocycles. The van der Waals surface area contributed by atoms with Gasteiger partial charge in [-0.1, -0.05) is 6.07 Å². The molecule has 0 atom stereocenters. The SMILES string of the molecule is CCN(CC)c1ccc(C2(C=O)CC2)c(O)c1. The van der Waals surface area contributed by atoms with Crippen molar-refractivity contribution < 1.29 is 9.90 Å². The minimum absolute atomic E-state index is 0.249. The third-order valence-corrected chi connectivity index (χ3v) is 3.66. The van der Waals surface area contributed by atoms with Gasteiger partial charge in [-0.2, -0.15) is 0 Å². The first kappa shape index (κ1) is 12.0. The third kappa shape index (κ3) is 2.02. The first-order chi connectivity index (χ1) is 8.16. The van der Waals surface area contributed by atoms with Crippen molar-refractivity contribution >= 4 is 12.0 Å². The summed E-state index contributed by atoms with van der Waals surface area (Å²) in [6, 6.07) is 5.65. The molecular weight excluding hydrogens is 214 g/mol. The number of phenols is 1. The lowest BCUT2D eigenvalue weighted by Crippen LogP contribution is -2.21. The Kier molecular flexibility index (Phi) is 3.09. The van der Waals surface area contributed by atoms with Crippen LogP contribution in [0.2, 0.25) is 0 Å². The van der Waals surface area contributed by atoms with E-state index in [1.165, 1.54) is 0 Å². The van der Waals surface area contributed by atoms with Gasteiger partial charge in [0.05, 0.1) is 5.41 Å². The van der Waals surface area contributed by atoms with Crippen molar-refractivity contribution in [2.24, 2.45) is 0 Å². The molecule has 0 heterocycles. The first-order valence-electron chi connectivity index (χ1n) is 6.21. The van der Waals surface area contributed by atoms with Gasteiger partial charge in [-0.15, -0.1) is 0 Å². The molecule has 3 nitrogen and oxygen atoms in total. The summed E-state index contributed by atoms with van der Waals surface area (Å²) in [5.74, 6) is 0.249. The van der Waals surface area contributed by atoms with Crippen LogP contribution in [0.15, 0.2) is 18.2 Å². The smallest absolute Gasteiger partial charge is 0.130 e. The van der Waals surface area contributed by atoms with Crippen molar-refractivity contribution in [3.8, 4) is 5.75 Å². The molecule has 0 bridgehead atoms. The fourth-order valence-electron chi connectivity index (χ4n) is 2.31. The second kappa shape index (κ2) is 4.40. The highest BCUT2D eigenvalue weighted by atomic mass is 16.3. The van der Waals surface area contributed by atoms with Gasteiger partial charge in [0.25, 0.3) is 0 Å². The third-order valence-electron chi connectivity index (χ3n) is 3.66. The zero-order chi connectivity index (χ0) is 12.5. The molecule has 3 heteroatoms. The van der Waals surface area contributed by atoms with Crippen LogP contribution in [0.5, 0.6) is 5.75 Å². The summed E-state index contributed by atoms with van der Waals surface area (Å²) in [4.78, 5) is 13.2. The number of aromatic hydroxyl groups is 1. The van der Waals surface area contributed by atoms with E-state index in [2.05, 4.69) is 18.7 Å². The van der Waals surface area contributed by atoms with E-state index in [-0.39, 0.29) is 5.75 Å². The monoisotopic (exact) mass is 233 g/mol. The van der Waals surface area contributed by atoms with Crippen LogP contribution in [0.25, 0.3) is 0 Å². The molecule has 1 N–H and O–H groups in total. The van der Waals surface area contributed by atoms with E-state index in [0.29, 0.717) is 0 Å². The molecule has 1 aliphatic rings. The van der Waals surface area contributed by atoms with Crippen molar-refractivity contribution in [3.63, 3.8) is 0 Å². The molecule has 0 aromatic heterocycles. The molecule has 92 valence electrons. The summed E-state index contributed by atoms with van der Waals surface area (Å²) < 4.78 is 0. The average Bonchev–Trinajstić information content (AvgIpc) is 3.12. The number of carbonyl (C=O) groups is 1. The Hall–Kier alpha value is -1.51. The number of aldehydes is 1. The number of hydrogen-bond donors (Lipinski definition) is 1. The van der Waals surface area contributed by atoms with Crippen molar-refractivity contribution in [3.05, 3.63) is 23.8 Å². The van der Waals surface area contributed by atoms with E-state index in [4.69, 9.17) is 0 Å². The summed E-state index contributed by atoms with van der Waals surface area (Å²) in [5.41, 5.74) is 1.40. The van der Waals surface area contributed by atoms with Gasteiger partial charge in [-0.05, 0) is 32.8 Å². The van der Waals surface area contributed by atoms with Gasteiger partial charge in [-0.3, -0.25) is 0 Å². The van der Waals surface area contributed by atoms with Gasteiger partial charge in [0.2, 0.25) is 0 Å². The van der Waals surface area contributed by atoms with Crippen molar-refractivity contribution in [1.82, 2.24) is 0 Å². The summed E-state index contributed by atoms with van der Waals surface area (Å²) >= 11 is 0. The normalized spacial score (nSPS) is 16.6. The number of anilines is 1. The molecule has 1 aliphatic carbocycles. The summed E-state index contributed by atoms with van der Waals surface area (Å²) in [5, 5.41) is 10.1. The Morgan fingerprint density at radius 2 is 2.00 bits per heavy atom. The summed E-state index contributed by atoms with van der Waals surface area (Å²) in [6.07, 6.45) is 2.68. The summed E-state index contributed by atoms with van der Waals surface area (Å²) in [6.45, 7) is 5.99. The molecular formula is C14H19NO2. The molecule has 0 radical (unpaired) electrons. The Balaban J connectivity index is 2.32.